The second-order valence-corrected chi connectivity index (χ2v) is 4.61. The number of hydrogen-bond donors (Lipinski definition) is 2. The van der Waals surface area contributed by atoms with Gasteiger partial charge >= 0.3 is 5.97 Å². The molecule has 0 heterocycles. The van der Waals surface area contributed by atoms with E-state index >= 15 is 0 Å². The molecule has 1 aliphatic carbocycles. The zero-order chi connectivity index (χ0) is 11.8. The van der Waals surface area contributed by atoms with Crippen molar-refractivity contribution in [2.75, 3.05) is 0 Å². The fourth-order valence-electron chi connectivity index (χ4n) is 2.41. The van der Waals surface area contributed by atoms with Gasteiger partial charge in [-0.1, -0.05) is 37.3 Å². The first kappa shape index (κ1) is 11.1. The average Bonchev–Trinajstić information content (AvgIpc) is 3.09. The van der Waals surface area contributed by atoms with E-state index in [1.165, 1.54) is 0 Å². The van der Waals surface area contributed by atoms with Crippen molar-refractivity contribution in [1.29, 1.82) is 0 Å². The van der Waals surface area contributed by atoms with Gasteiger partial charge in [-0.25, -0.2) is 4.79 Å². The summed E-state index contributed by atoms with van der Waals surface area (Å²) in [6, 6.07) is 9.78. The van der Waals surface area contributed by atoms with Crippen LogP contribution < -0.4 is 0 Å². The highest BCUT2D eigenvalue weighted by atomic mass is 16.4. The number of aliphatic carboxylic acids is 1. The van der Waals surface area contributed by atoms with Crippen LogP contribution in [0, 0.1) is 5.41 Å². The lowest BCUT2D eigenvalue weighted by Crippen LogP contribution is -2.34. The summed E-state index contributed by atoms with van der Waals surface area (Å²) in [7, 11) is 0. The molecule has 1 aliphatic rings. The molecular weight excluding hydrogens is 204 g/mol. The smallest absolute Gasteiger partial charge is 0.333 e. The molecule has 2 N–H and O–H groups in total. The number of carboxylic acid groups (broad SMARTS) is 1. The maximum absolute atomic E-state index is 10.9. The third kappa shape index (κ3) is 1.71. The quantitative estimate of drug-likeness (QED) is 0.816. The second kappa shape index (κ2) is 3.91. The SMILES string of the molecule is CC(c1ccccc1)C1(C(O)C(=O)O)CC1. The Morgan fingerprint density at radius 3 is 2.31 bits per heavy atom. The van der Waals surface area contributed by atoms with Gasteiger partial charge in [0.05, 0.1) is 0 Å². The lowest BCUT2D eigenvalue weighted by Gasteiger charge is -2.26. The average molecular weight is 220 g/mol. The van der Waals surface area contributed by atoms with Crippen LogP contribution >= 0.6 is 0 Å². The van der Waals surface area contributed by atoms with E-state index in [9.17, 15) is 9.90 Å². The Labute approximate surface area is 94.7 Å². The molecule has 1 saturated carbocycles. The van der Waals surface area contributed by atoms with E-state index in [-0.39, 0.29) is 5.92 Å². The molecule has 0 saturated heterocycles. The van der Waals surface area contributed by atoms with Crippen LogP contribution in [0.5, 0.6) is 0 Å². The van der Waals surface area contributed by atoms with Crippen LogP contribution in [0.2, 0.25) is 0 Å². The Morgan fingerprint density at radius 1 is 1.31 bits per heavy atom. The number of carboxylic acids is 1. The standard InChI is InChI=1S/C13H16O3/c1-9(10-5-3-2-4-6-10)13(7-8-13)11(14)12(15)16/h2-6,9,11,14H,7-8H2,1H3,(H,15,16). The fraction of sp³-hybridized carbons (Fsp3) is 0.462. The Kier molecular flexibility index (Phi) is 2.72. The van der Waals surface area contributed by atoms with E-state index in [2.05, 4.69) is 0 Å². The topological polar surface area (TPSA) is 57.5 Å². The number of rotatable bonds is 4. The number of aliphatic hydroxyl groups is 1. The summed E-state index contributed by atoms with van der Waals surface area (Å²) in [5, 5.41) is 18.7. The first-order chi connectivity index (χ1) is 7.58. The number of hydrogen-bond acceptors (Lipinski definition) is 2. The predicted octanol–water partition coefficient (Wildman–Crippen LogP) is 2.02. The second-order valence-electron chi connectivity index (χ2n) is 4.61. The van der Waals surface area contributed by atoms with E-state index in [1.54, 1.807) is 0 Å². The van der Waals surface area contributed by atoms with Gasteiger partial charge in [-0.3, -0.25) is 0 Å². The van der Waals surface area contributed by atoms with Crippen LogP contribution in [0.25, 0.3) is 0 Å². The molecule has 2 atom stereocenters. The van der Waals surface area contributed by atoms with Crippen molar-refractivity contribution >= 4 is 5.97 Å². The first-order valence-electron chi connectivity index (χ1n) is 5.54. The number of carbonyl (C=O) groups is 1. The van der Waals surface area contributed by atoms with E-state index < -0.39 is 17.5 Å². The zero-order valence-corrected chi connectivity index (χ0v) is 9.26. The van der Waals surface area contributed by atoms with Crippen LogP contribution in [-0.2, 0) is 4.79 Å². The molecule has 0 aliphatic heterocycles. The molecule has 0 radical (unpaired) electrons. The number of aliphatic hydroxyl groups excluding tert-OH is 1. The van der Waals surface area contributed by atoms with Crippen molar-refractivity contribution in [1.82, 2.24) is 0 Å². The predicted molar refractivity (Wildman–Crippen MR) is 60.2 cm³/mol. The minimum Gasteiger partial charge on any atom is -0.479 e. The third-order valence-corrected chi connectivity index (χ3v) is 3.77. The molecule has 86 valence electrons. The molecule has 0 aromatic heterocycles. The van der Waals surface area contributed by atoms with Crippen molar-refractivity contribution in [2.24, 2.45) is 5.41 Å². The largest absolute Gasteiger partial charge is 0.479 e. The molecule has 0 amide bonds. The van der Waals surface area contributed by atoms with E-state index in [1.807, 2.05) is 37.3 Å². The Hall–Kier alpha value is -1.35. The minimum atomic E-state index is -1.25. The summed E-state index contributed by atoms with van der Waals surface area (Å²) in [6.07, 6.45) is 0.329. The summed E-state index contributed by atoms with van der Waals surface area (Å²) >= 11 is 0. The van der Waals surface area contributed by atoms with Gasteiger partial charge in [0.2, 0.25) is 0 Å². The minimum absolute atomic E-state index is 0.0831. The summed E-state index contributed by atoms with van der Waals surface area (Å²) in [5.41, 5.74) is 0.646. The molecule has 16 heavy (non-hydrogen) atoms. The highest BCUT2D eigenvalue weighted by molar-refractivity contribution is 5.74. The summed E-state index contributed by atoms with van der Waals surface area (Å²) in [4.78, 5) is 10.9. The molecule has 2 unspecified atom stereocenters. The summed E-state index contributed by atoms with van der Waals surface area (Å²) in [5.74, 6) is -1.03. The summed E-state index contributed by atoms with van der Waals surface area (Å²) < 4.78 is 0. The van der Waals surface area contributed by atoms with Gasteiger partial charge in [0.15, 0.2) is 6.10 Å². The van der Waals surface area contributed by atoms with Gasteiger partial charge in [0, 0.05) is 5.41 Å². The van der Waals surface area contributed by atoms with Crippen molar-refractivity contribution in [3.8, 4) is 0 Å². The van der Waals surface area contributed by atoms with Crippen LogP contribution in [0.15, 0.2) is 30.3 Å². The van der Waals surface area contributed by atoms with Crippen molar-refractivity contribution in [3.05, 3.63) is 35.9 Å². The molecule has 3 heteroatoms. The molecule has 2 rings (SSSR count). The van der Waals surface area contributed by atoms with Crippen LogP contribution in [0.3, 0.4) is 0 Å². The normalized spacial score (nSPS) is 21.1. The molecule has 1 fully saturated rings. The van der Waals surface area contributed by atoms with E-state index in [4.69, 9.17) is 5.11 Å². The molecule has 0 bridgehead atoms. The Bertz CT molecular complexity index is 381. The fourth-order valence-corrected chi connectivity index (χ4v) is 2.41. The maximum Gasteiger partial charge on any atom is 0.333 e. The van der Waals surface area contributed by atoms with Crippen LogP contribution in [0.1, 0.15) is 31.2 Å². The van der Waals surface area contributed by atoms with E-state index in [0.717, 1.165) is 18.4 Å². The Morgan fingerprint density at radius 2 is 1.88 bits per heavy atom. The molecular formula is C13H16O3. The highest BCUT2D eigenvalue weighted by Gasteiger charge is 2.55. The molecule has 1 aromatic rings. The van der Waals surface area contributed by atoms with Gasteiger partial charge < -0.3 is 10.2 Å². The van der Waals surface area contributed by atoms with E-state index in [0.29, 0.717) is 0 Å². The molecule has 0 spiro atoms. The molecule has 3 nitrogen and oxygen atoms in total. The first-order valence-corrected chi connectivity index (χ1v) is 5.54. The lowest BCUT2D eigenvalue weighted by atomic mass is 9.80. The third-order valence-electron chi connectivity index (χ3n) is 3.77. The van der Waals surface area contributed by atoms with Gasteiger partial charge in [-0.15, -0.1) is 0 Å². The summed E-state index contributed by atoms with van der Waals surface area (Å²) in [6.45, 7) is 1.99. The molecule has 1 aromatic carbocycles. The van der Waals surface area contributed by atoms with Crippen molar-refractivity contribution < 1.29 is 15.0 Å². The highest BCUT2D eigenvalue weighted by Crippen LogP contribution is 2.58. The number of benzene rings is 1. The monoisotopic (exact) mass is 220 g/mol. The zero-order valence-electron chi connectivity index (χ0n) is 9.26. The van der Waals surface area contributed by atoms with Gasteiger partial charge in [0.25, 0.3) is 0 Å². The van der Waals surface area contributed by atoms with Crippen molar-refractivity contribution in [3.63, 3.8) is 0 Å². The lowest BCUT2D eigenvalue weighted by molar-refractivity contribution is -0.151. The van der Waals surface area contributed by atoms with Crippen molar-refractivity contribution in [2.45, 2.75) is 31.8 Å². The maximum atomic E-state index is 10.9. The van der Waals surface area contributed by atoms with Gasteiger partial charge in [-0.05, 0) is 24.3 Å². The van der Waals surface area contributed by atoms with Crippen LogP contribution in [0.4, 0.5) is 0 Å². The van der Waals surface area contributed by atoms with Gasteiger partial charge in [0.1, 0.15) is 0 Å². The van der Waals surface area contributed by atoms with Crippen LogP contribution in [-0.4, -0.2) is 22.3 Å². The Balaban J connectivity index is 2.22. The van der Waals surface area contributed by atoms with Gasteiger partial charge in [-0.2, -0.15) is 0 Å².